The third-order valence-electron chi connectivity index (χ3n) is 2.82. The molecule has 0 spiro atoms. The lowest BCUT2D eigenvalue weighted by molar-refractivity contribution is 0.506. The zero-order valence-electron chi connectivity index (χ0n) is 10.3. The highest BCUT2D eigenvalue weighted by molar-refractivity contribution is 5.19. The van der Waals surface area contributed by atoms with Crippen LogP contribution in [0.25, 0.3) is 0 Å². The van der Waals surface area contributed by atoms with Gasteiger partial charge >= 0.3 is 0 Å². The Morgan fingerprint density at radius 2 is 2.00 bits per heavy atom. The fraction of sp³-hybridized carbons (Fsp3) is 0.286. The van der Waals surface area contributed by atoms with E-state index in [1.807, 2.05) is 29.8 Å². The zero-order valence-corrected chi connectivity index (χ0v) is 10.3. The quantitative estimate of drug-likeness (QED) is 0.863. The Morgan fingerprint density at radius 3 is 2.72 bits per heavy atom. The molecule has 0 amide bonds. The van der Waals surface area contributed by atoms with Gasteiger partial charge in [-0.05, 0) is 36.4 Å². The van der Waals surface area contributed by atoms with Crippen molar-refractivity contribution in [2.24, 2.45) is 0 Å². The highest BCUT2D eigenvalue weighted by Gasteiger charge is 2.05. The van der Waals surface area contributed by atoms with Crippen LogP contribution in [0.3, 0.4) is 0 Å². The van der Waals surface area contributed by atoms with Crippen LogP contribution in [-0.4, -0.2) is 11.1 Å². The fourth-order valence-electron chi connectivity index (χ4n) is 1.85. The van der Waals surface area contributed by atoms with Gasteiger partial charge in [-0.2, -0.15) is 0 Å². The van der Waals surface area contributed by atoms with Crippen LogP contribution in [-0.2, 0) is 13.1 Å². The van der Waals surface area contributed by atoms with Crippen LogP contribution in [0.1, 0.15) is 18.2 Å². The molecule has 1 heterocycles. The van der Waals surface area contributed by atoms with Crippen LogP contribution >= 0.6 is 0 Å². The molecule has 1 aromatic heterocycles. The fourth-order valence-corrected chi connectivity index (χ4v) is 1.85. The Labute approximate surface area is 105 Å². The minimum atomic E-state index is -0.806. The van der Waals surface area contributed by atoms with Gasteiger partial charge in [-0.15, -0.1) is 0 Å². The maximum atomic E-state index is 13.1. The molecule has 0 aliphatic rings. The monoisotopic (exact) mass is 250 g/mol. The molecule has 0 aliphatic carbocycles. The molecule has 0 bridgehead atoms. The predicted octanol–water partition coefficient (Wildman–Crippen LogP) is 2.92. The molecular weight excluding hydrogens is 234 g/mol. The van der Waals surface area contributed by atoms with Crippen molar-refractivity contribution in [2.45, 2.75) is 20.0 Å². The minimum Gasteiger partial charge on any atom is -0.346 e. The van der Waals surface area contributed by atoms with Crippen molar-refractivity contribution < 1.29 is 8.78 Å². The van der Waals surface area contributed by atoms with Gasteiger partial charge in [-0.1, -0.05) is 13.0 Å². The number of nitrogens with zero attached hydrogens (tertiary/aromatic N) is 1. The Morgan fingerprint density at radius 1 is 1.17 bits per heavy atom. The highest BCUT2D eigenvalue weighted by atomic mass is 19.2. The number of hydrogen-bond acceptors (Lipinski definition) is 1. The molecule has 0 fully saturated rings. The first kappa shape index (κ1) is 12.8. The van der Waals surface area contributed by atoms with Crippen LogP contribution in [0.15, 0.2) is 36.5 Å². The van der Waals surface area contributed by atoms with Gasteiger partial charge in [0, 0.05) is 25.0 Å². The first-order chi connectivity index (χ1) is 8.70. The molecule has 4 heteroatoms. The van der Waals surface area contributed by atoms with Crippen molar-refractivity contribution >= 4 is 0 Å². The standard InChI is InChI=1S/C14H16F2N2/c1-2-17-9-12-4-3-7-18(12)10-11-5-6-13(15)14(16)8-11/h3-8,17H,2,9-10H2,1H3. The van der Waals surface area contributed by atoms with Crippen LogP contribution < -0.4 is 5.32 Å². The Hall–Kier alpha value is -1.68. The number of aromatic nitrogens is 1. The molecule has 2 aromatic rings. The maximum absolute atomic E-state index is 13.1. The van der Waals surface area contributed by atoms with Gasteiger partial charge in [-0.25, -0.2) is 8.78 Å². The average molecular weight is 250 g/mol. The summed E-state index contributed by atoms with van der Waals surface area (Å²) < 4.78 is 28.0. The maximum Gasteiger partial charge on any atom is 0.159 e. The molecule has 0 saturated carbocycles. The van der Waals surface area contributed by atoms with Gasteiger partial charge < -0.3 is 9.88 Å². The van der Waals surface area contributed by atoms with Gasteiger partial charge in [0.1, 0.15) is 0 Å². The van der Waals surface area contributed by atoms with Crippen molar-refractivity contribution in [2.75, 3.05) is 6.54 Å². The van der Waals surface area contributed by atoms with E-state index in [2.05, 4.69) is 5.32 Å². The van der Waals surface area contributed by atoms with Gasteiger partial charge in [0.15, 0.2) is 11.6 Å². The summed E-state index contributed by atoms with van der Waals surface area (Å²) in [6.07, 6.45) is 1.94. The van der Waals surface area contributed by atoms with E-state index in [1.54, 1.807) is 6.07 Å². The average Bonchev–Trinajstić information content (AvgIpc) is 2.79. The summed E-state index contributed by atoms with van der Waals surface area (Å²) >= 11 is 0. The largest absolute Gasteiger partial charge is 0.346 e. The number of hydrogen-bond donors (Lipinski definition) is 1. The molecule has 0 radical (unpaired) electrons. The summed E-state index contributed by atoms with van der Waals surface area (Å²) in [5.74, 6) is -1.60. The number of halogens is 2. The SMILES string of the molecule is CCNCc1cccn1Cc1ccc(F)c(F)c1. The van der Waals surface area contributed by atoms with E-state index in [0.29, 0.717) is 6.54 Å². The number of rotatable bonds is 5. The van der Waals surface area contributed by atoms with E-state index in [0.717, 1.165) is 30.4 Å². The molecule has 0 atom stereocenters. The number of benzene rings is 1. The molecule has 0 unspecified atom stereocenters. The van der Waals surface area contributed by atoms with Gasteiger partial charge in [0.2, 0.25) is 0 Å². The molecule has 2 nitrogen and oxygen atoms in total. The molecule has 18 heavy (non-hydrogen) atoms. The van der Waals surface area contributed by atoms with Crippen molar-refractivity contribution in [1.82, 2.24) is 9.88 Å². The lowest BCUT2D eigenvalue weighted by Crippen LogP contribution is -2.15. The lowest BCUT2D eigenvalue weighted by atomic mass is 10.2. The van der Waals surface area contributed by atoms with Crippen LogP contribution in [0.2, 0.25) is 0 Å². The molecule has 2 rings (SSSR count). The summed E-state index contributed by atoms with van der Waals surface area (Å²) in [7, 11) is 0. The second-order valence-corrected chi connectivity index (χ2v) is 4.16. The summed E-state index contributed by atoms with van der Waals surface area (Å²) in [4.78, 5) is 0. The molecular formula is C14H16F2N2. The van der Waals surface area contributed by atoms with Gasteiger partial charge in [-0.3, -0.25) is 0 Å². The smallest absolute Gasteiger partial charge is 0.159 e. The van der Waals surface area contributed by atoms with E-state index in [-0.39, 0.29) is 0 Å². The summed E-state index contributed by atoms with van der Waals surface area (Å²) in [5, 5.41) is 3.24. The highest BCUT2D eigenvalue weighted by Crippen LogP contribution is 2.12. The zero-order chi connectivity index (χ0) is 13.0. The van der Waals surface area contributed by atoms with E-state index >= 15 is 0 Å². The third kappa shape index (κ3) is 2.96. The van der Waals surface area contributed by atoms with Crippen LogP contribution in [0.4, 0.5) is 8.78 Å². The lowest BCUT2D eigenvalue weighted by Gasteiger charge is -2.10. The second-order valence-electron chi connectivity index (χ2n) is 4.16. The summed E-state index contributed by atoms with van der Waals surface area (Å²) in [5.41, 5.74) is 1.88. The number of nitrogens with one attached hydrogen (secondary N) is 1. The molecule has 0 aliphatic heterocycles. The Balaban J connectivity index is 2.13. The van der Waals surface area contributed by atoms with Crippen LogP contribution in [0, 0.1) is 11.6 Å². The predicted molar refractivity (Wildman–Crippen MR) is 67.3 cm³/mol. The Bertz CT molecular complexity index is 520. The first-order valence-corrected chi connectivity index (χ1v) is 5.99. The molecule has 1 N–H and O–H groups in total. The van der Waals surface area contributed by atoms with E-state index in [1.165, 1.54) is 6.07 Å². The summed E-state index contributed by atoms with van der Waals surface area (Å²) in [6.45, 7) is 4.26. The third-order valence-corrected chi connectivity index (χ3v) is 2.82. The molecule has 1 aromatic carbocycles. The Kier molecular flexibility index (Phi) is 4.10. The van der Waals surface area contributed by atoms with E-state index in [9.17, 15) is 8.78 Å². The molecule has 96 valence electrons. The molecule has 0 saturated heterocycles. The minimum absolute atomic E-state index is 0.547. The van der Waals surface area contributed by atoms with Crippen LogP contribution in [0.5, 0.6) is 0 Å². The first-order valence-electron chi connectivity index (χ1n) is 5.99. The van der Waals surface area contributed by atoms with Crippen molar-refractivity contribution in [3.8, 4) is 0 Å². The second kappa shape index (κ2) is 5.78. The van der Waals surface area contributed by atoms with Gasteiger partial charge in [0.25, 0.3) is 0 Å². The topological polar surface area (TPSA) is 17.0 Å². The summed E-state index contributed by atoms with van der Waals surface area (Å²) in [6, 6.07) is 7.98. The van der Waals surface area contributed by atoms with E-state index < -0.39 is 11.6 Å². The van der Waals surface area contributed by atoms with Crippen molar-refractivity contribution in [3.63, 3.8) is 0 Å². The normalized spacial score (nSPS) is 10.8. The van der Waals surface area contributed by atoms with Gasteiger partial charge in [0.05, 0.1) is 0 Å². The van der Waals surface area contributed by atoms with Crippen molar-refractivity contribution in [3.05, 3.63) is 59.4 Å². The van der Waals surface area contributed by atoms with Crippen molar-refractivity contribution in [1.29, 1.82) is 0 Å². The van der Waals surface area contributed by atoms with E-state index in [4.69, 9.17) is 0 Å².